The third-order valence-electron chi connectivity index (χ3n) is 4.32. The molecule has 0 amide bonds. The summed E-state index contributed by atoms with van der Waals surface area (Å²) in [6, 6.07) is 12.9. The van der Waals surface area contributed by atoms with Crippen LogP contribution in [0.25, 0.3) is 0 Å². The summed E-state index contributed by atoms with van der Waals surface area (Å²) in [6.07, 6.45) is -0.363. The molecule has 0 aliphatic carbocycles. The summed E-state index contributed by atoms with van der Waals surface area (Å²) < 4.78 is 12.8. The first kappa shape index (κ1) is 21.3. The topological polar surface area (TPSA) is 109 Å². The van der Waals surface area contributed by atoms with Crippen molar-refractivity contribution >= 4 is 23.2 Å². The van der Waals surface area contributed by atoms with Crippen LogP contribution in [-0.4, -0.2) is 38.3 Å². The van der Waals surface area contributed by atoms with E-state index < -0.39 is 4.92 Å². The van der Waals surface area contributed by atoms with Gasteiger partial charge in [-0.05, 0) is 31.2 Å². The Morgan fingerprint density at radius 1 is 1.20 bits per heavy atom. The molecule has 0 N–H and O–H groups in total. The molecule has 3 aromatic rings. The minimum atomic E-state index is -0.525. The number of ketones is 1. The van der Waals surface area contributed by atoms with E-state index in [0.29, 0.717) is 16.7 Å². The van der Waals surface area contributed by atoms with Crippen molar-refractivity contribution in [3.63, 3.8) is 0 Å². The van der Waals surface area contributed by atoms with Crippen molar-refractivity contribution in [3.05, 3.63) is 70.0 Å². The number of benzene rings is 2. The number of thioether (sulfide) groups is 1. The molecule has 0 aliphatic heterocycles. The van der Waals surface area contributed by atoms with E-state index in [1.165, 1.54) is 30.0 Å². The zero-order valence-corrected chi connectivity index (χ0v) is 17.5. The lowest BCUT2D eigenvalue weighted by Gasteiger charge is -2.14. The van der Waals surface area contributed by atoms with E-state index in [0.717, 1.165) is 5.75 Å². The summed E-state index contributed by atoms with van der Waals surface area (Å²) in [5.41, 5.74) is 0.173. The average molecular weight is 428 g/mol. The van der Waals surface area contributed by atoms with E-state index >= 15 is 0 Å². The zero-order chi connectivity index (χ0) is 21.7. The molecule has 3 rings (SSSR count). The second kappa shape index (κ2) is 9.40. The first-order valence-corrected chi connectivity index (χ1v) is 9.98. The first-order chi connectivity index (χ1) is 14.4. The molecule has 1 atom stereocenters. The monoisotopic (exact) mass is 428 g/mol. The molecular formula is C20H20N4O5S. The number of Topliss-reactive ketones (excluding diaryl/α,β-unsaturated/α-hetero) is 1. The number of nitro groups is 1. The molecular weight excluding hydrogens is 408 g/mol. The number of hydrogen-bond acceptors (Lipinski definition) is 8. The molecule has 0 saturated heterocycles. The fourth-order valence-electron chi connectivity index (χ4n) is 2.72. The summed E-state index contributed by atoms with van der Waals surface area (Å²) in [6.45, 7) is 1.86. The predicted molar refractivity (Wildman–Crippen MR) is 111 cm³/mol. The maximum absolute atomic E-state index is 12.4. The van der Waals surface area contributed by atoms with Crippen molar-refractivity contribution in [3.8, 4) is 11.5 Å². The minimum absolute atomic E-state index is 0.0842. The highest BCUT2D eigenvalue weighted by molar-refractivity contribution is 7.99. The number of methoxy groups -OCH3 is 1. The van der Waals surface area contributed by atoms with Gasteiger partial charge in [0.2, 0.25) is 0 Å². The first-order valence-electron chi connectivity index (χ1n) is 8.99. The van der Waals surface area contributed by atoms with Crippen LogP contribution in [0.15, 0.2) is 53.7 Å². The normalized spacial score (nSPS) is 11.7. The Kier molecular flexibility index (Phi) is 6.68. The highest BCUT2D eigenvalue weighted by Gasteiger charge is 2.19. The Balaban J connectivity index is 1.63. The fraction of sp³-hybridized carbons (Fsp3) is 0.250. The molecule has 1 unspecified atom stereocenters. The molecule has 0 saturated carbocycles. The number of rotatable bonds is 9. The van der Waals surface area contributed by atoms with Crippen LogP contribution in [0.4, 0.5) is 5.69 Å². The van der Waals surface area contributed by atoms with Crippen LogP contribution in [-0.2, 0) is 7.05 Å². The second-order valence-corrected chi connectivity index (χ2v) is 7.30. The smallest absolute Gasteiger partial charge is 0.270 e. The Bertz CT molecular complexity index is 1050. The number of aromatic nitrogens is 3. The summed E-state index contributed by atoms with van der Waals surface area (Å²) >= 11 is 1.21. The molecule has 0 bridgehead atoms. The maximum atomic E-state index is 12.4. The third kappa shape index (κ3) is 4.95. The standard InChI is InChI=1S/C20H20N4O5S/c1-13(29-17-9-7-16(28-3)8-10-17)19-21-22-20(23(19)2)30-12-18(25)14-5-4-6-15(11-14)24(26)27/h4-11,13H,12H2,1-3H3. The highest BCUT2D eigenvalue weighted by atomic mass is 32.2. The largest absolute Gasteiger partial charge is 0.497 e. The summed E-state index contributed by atoms with van der Waals surface area (Å²) in [4.78, 5) is 22.8. The third-order valence-corrected chi connectivity index (χ3v) is 5.34. The van der Waals surface area contributed by atoms with E-state index in [9.17, 15) is 14.9 Å². The second-order valence-electron chi connectivity index (χ2n) is 6.35. The number of carbonyl (C=O) groups excluding carboxylic acids is 1. The molecule has 0 fully saturated rings. The highest BCUT2D eigenvalue weighted by Crippen LogP contribution is 2.25. The van der Waals surface area contributed by atoms with Crippen molar-refractivity contribution in [2.75, 3.05) is 12.9 Å². The number of ether oxygens (including phenoxy) is 2. The van der Waals surface area contributed by atoms with Crippen LogP contribution in [0.5, 0.6) is 11.5 Å². The van der Waals surface area contributed by atoms with Crippen LogP contribution in [0.3, 0.4) is 0 Å². The van der Waals surface area contributed by atoms with Gasteiger partial charge in [-0.3, -0.25) is 14.9 Å². The quantitative estimate of drug-likeness (QED) is 0.219. The van der Waals surface area contributed by atoms with Crippen molar-refractivity contribution in [1.82, 2.24) is 14.8 Å². The lowest BCUT2D eigenvalue weighted by atomic mass is 10.1. The lowest BCUT2D eigenvalue weighted by molar-refractivity contribution is -0.384. The van der Waals surface area contributed by atoms with Crippen LogP contribution in [0.2, 0.25) is 0 Å². The molecule has 0 aliphatic rings. The van der Waals surface area contributed by atoms with Gasteiger partial charge in [0.05, 0.1) is 17.8 Å². The zero-order valence-electron chi connectivity index (χ0n) is 16.6. The van der Waals surface area contributed by atoms with Gasteiger partial charge >= 0.3 is 0 Å². The van der Waals surface area contributed by atoms with Gasteiger partial charge in [-0.15, -0.1) is 10.2 Å². The molecule has 1 heterocycles. The van der Waals surface area contributed by atoms with Gasteiger partial charge in [-0.1, -0.05) is 23.9 Å². The Morgan fingerprint density at radius 2 is 1.90 bits per heavy atom. The molecule has 30 heavy (non-hydrogen) atoms. The van der Waals surface area contributed by atoms with Crippen LogP contribution < -0.4 is 9.47 Å². The van der Waals surface area contributed by atoms with Crippen molar-refractivity contribution in [2.45, 2.75) is 18.2 Å². The van der Waals surface area contributed by atoms with Crippen LogP contribution in [0.1, 0.15) is 29.2 Å². The summed E-state index contributed by atoms with van der Waals surface area (Å²) in [5.74, 6) is 1.87. The van der Waals surface area contributed by atoms with Crippen molar-refractivity contribution in [1.29, 1.82) is 0 Å². The molecule has 10 heteroatoms. The summed E-state index contributed by atoms with van der Waals surface area (Å²) in [7, 11) is 3.39. The predicted octanol–water partition coefficient (Wildman–Crippen LogP) is 3.85. The molecule has 0 radical (unpaired) electrons. The van der Waals surface area contributed by atoms with E-state index in [2.05, 4.69) is 10.2 Å². The van der Waals surface area contributed by atoms with E-state index in [1.54, 1.807) is 49.1 Å². The van der Waals surface area contributed by atoms with Crippen LogP contribution in [0, 0.1) is 10.1 Å². The number of hydrogen-bond donors (Lipinski definition) is 0. The van der Waals surface area contributed by atoms with Crippen molar-refractivity contribution < 1.29 is 19.2 Å². The number of non-ortho nitro benzene ring substituents is 1. The van der Waals surface area contributed by atoms with Gasteiger partial charge in [0.1, 0.15) is 11.5 Å². The maximum Gasteiger partial charge on any atom is 0.270 e. The van der Waals surface area contributed by atoms with E-state index in [-0.39, 0.29) is 28.9 Å². The van der Waals surface area contributed by atoms with Gasteiger partial charge in [-0.2, -0.15) is 0 Å². The fourth-order valence-corrected chi connectivity index (χ4v) is 3.54. The SMILES string of the molecule is COc1ccc(OC(C)c2nnc(SCC(=O)c3cccc([N+](=O)[O-])c3)n2C)cc1. The van der Waals surface area contributed by atoms with Gasteiger partial charge < -0.3 is 14.0 Å². The van der Waals surface area contributed by atoms with E-state index in [4.69, 9.17) is 9.47 Å². The lowest BCUT2D eigenvalue weighted by Crippen LogP contribution is -2.10. The van der Waals surface area contributed by atoms with Gasteiger partial charge in [0.15, 0.2) is 22.9 Å². The number of nitro benzene ring substituents is 1. The molecule has 0 spiro atoms. The van der Waals surface area contributed by atoms with E-state index in [1.807, 2.05) is 6.92 Å². The Morgan fingerprint density at radius 3 is 2.57 bits per heavy atom. The van der Waals surface area contributed by atoms with Gasteiger partial charge in [-0.25, -0.2) is 0 Å². The van der Waals surface area contributed by atoms with Gasteiger partial charge in [0, 0.05) is 24.7 Å². The Hall–Kier alpha value is -3.40. The molecule has 2 aromatic carbocycles. The molecule has 156 valence electrons. The minimum Gasteiger partial charge on any atom is -0.497 e. The van der Waals surface area contributed by atoms with Crippen LogP contribution >= 0.6 is 11.8 Å². The van der Waals surface area contributed by atoms with Gasteiger partial charge in [0.25, 0.3) is 5.69 Å². The number of nitrogens with zero attached hydrogens (tertiary/aromatic N) is 4. The molecule has 9 nitrogen and oxygen atoms in total. The van der Waals surface area contributed by atoms with Crippen molar-refractivity contribution in [2.24, 2.45) is 7.05 Å². The Labute approximate surface area is 177 Å². The number of carbonyl (C=O) groups is 1. The average Bonchev–Trinajstić information content (AvgIpc) is 3.13. The molecule has 1 aromatic heterocycles. The summed E-state index contributed by atoms with van der Waals surface area (Å²) in [5, 5.41) is 19.7.